The van der Waals surface area contributed by atoms with Gasteiger partial charge < -0.3 is 0 Å². The number of halogens is 1. The van der Waals surface area contributed by atoms with Gasteiger partial charge in [0.15, 0.2) is 0 Å². The lowest BCUT2D eigenvalue weighted by Crippen LogP contribution is -1.92. The first-order valence-corrected chi connectivity index (χ1v) is 14.5. The summed E-state index contributed by atoms with van der Waals surface area (Å²) in [6.07, 6.45) is 4.66. The van der Waals surface area contributed by atoms with Crippen molar-refractivity contribution in [3.63, 3.8) is 0 Å². The molecule has 3 nitrogen and oxygen atoms in total. The van der Waals surface area contributed by atoms with Crippen LogP contribution in [-0.4, -0.2) is 14.4 Å². The number of nitrogens with zero attached hydrogens (tertiary/aromatic N) is 3. The topological polar surface area (TPSA) is 30.2 Å². The van der Waals surface area contributed by atoms with E-state index in [0.29, 0.717) is 0 Å². The molecule has 4 heteroatoms. The minimum atomic E-state index is -0.238. The van der Waals surface area contributed by atoms with Crippen LogP contribution in [0.25, 0.3) is 71.4 Å². The second-order valence-electron chi connectivity index (χ2n) is 11.3. The quantitative estimate of drug-likeness (QED) is 0.217. The van der Waals surface area contributed by atoms with Crippen molar-refractivity contribution in [1.82, 2.24) is 14.4 Å². The Morgan fingerprint density at radius 3 is 2.21 bits per heavy atom. The van der Waals surface area contributed by atoms with Crippen molar-refractivity contribution in [3.05, 3.63) is 151 Å². The number of hydrogen-bond acceptors (Lipinski definition) is 2. The number of fused-ring (bicyclic) bond motifs is 7. The first kappa shape index (κ1) is 24.0. The van der Waals surface area contributed by atoms with Crippen LogP contribution in [0.3, 0.4) is 0 Å². The summed E-state index contributed by atoms with van der Waals surface area (Å²) in [5.74, 6) is -0.238. The van der Waals surface area contributed by atoms with Crippen LogP contribution in [0.5, 0.6) is 0 Å². The summed E-state index contributed by atoms with van der Waals surface area (Å²) in [7, 11) is 0. The molecule has 0 aliphatic rings. The molecule has 0 radical (unpaired) electrons. The predicted molar refractivity (Wildman–Crippen MR) is 174 cm³/mol. The van der Waals surface area contributed by atoms with Gasteiger partial charge in [0.05, 0.1) is 16.7 Å². The van der Waals surface area contributed by atoms with Gasteiger partial charge in [-0.05, 0) is 64.9 Å². The third kappa shape index (κ3) is 3.80. The van der Waals surface area contributed by atoms with Gasteiger partial charge in [0, 0.05) is 50.5 Å². The number of pyridine rings is 2. The summed E-state index contributed by atoms with van der Waals surface area (Å²) >= 11 is 0. The summed E-state index contributed by atoms with van der Waals surface area (Å²) in [5.41, 5.74) is 9.81. The van der Waals surface area contributed by atoms with E-state index in [0.717, 1.165) is 50.7 Å². The summed E-state index contributed by atoms with van der Waals surface area (Å²) in [4.78, 5) is 9.71. The van der Waals surface area contributed by atoms with Crippen LogP contribution < -0.4 is 0 Å². The summed E-state index contributed by atoms with van der Waals surface area (Å²) in [5, 5.41) is 7.08. The molecule has 0 bridgehead atoms. The molecule has 9 aromatic rings. The highest BCUT2D eigenvalue weighted by atomic mass is 19.1. The van der Waals surface area contributed by atoms with Gasteiger partial charge in [0.25, 0.3) is 0 Å². The normalized spacial score (nSPS) is 11.9. The van der Waals surface area contributed by atoms with Crippen LogP contribution in [0.4, 0.5) is 4.39 Å². The maximum atomic E-state index is 13.6. The molecular formula is C39H24FN3. The Morgan fingerprint density at radius 1 is 0.535 bits per heavy atom. The van der Waals surface area contributed by atoms with E-state index < -0.39 is 0 Å². The van der Waals surface area contributed by atoms with Crippen LogP contribution in [0.15, 0.2) is 134 Å². The number of aromatic nitrogens is 3. The van der Waals surface area contributed by atoms with Gasteiger partial charge >= 0.3 is 0 Å². The van der Waals surface area contributed by atoms with Crippen LogP contribution in [-0.2, 0) is 6.42 Å². The van der Waals surface area contributed by atoms with Crippen LogP contribution in [0.2, 0.25) is 0 Å². The molecule has 0 spiro atoms. The largest absolute Gasteiger partial charge is 0.293 e. The number of para-hydroxylation sites is 1. The number of hydrogen-bond donors (Lipinski definition) is 0. The fourth-order valence-corrected chi connectivity index (χ4v) is 6.61. The molecule has 4 heterocycles. The van der Waals surface area contributed by atoms with Crippen molar-refractivity contribution in [3.8, 4) is 22.4 Å². The highest BCUT2D eigenvalue weighted by Gasteiger charge is 2.19. The number of rotatable bonds is 4. The maximum absolute atomic E-state index is 13.6. The van der Waals surface area contributed by atoms with Gasteiger partial charge in [-0.2, -0.15) is 0 Å². The molecule has 5 aromatic carbocycles. The summed E-state index contributed by atoms with van der Waals surface area (Å²) in [6.45, 7) is 0. The van der Waals surface area contributed by atoms with E-state index >= 15 is 0 Å². The van der Waals surface area contributed by atoms with E-state index in [9.17, 15) is 4.39 Å². The molecule has 202 valence electrons. The van der Waals surface area contributed by atoms with Gasteiger partial charge in [0.1, 0.15) is 11.5 Å². The third-order valence-corrected chi connectivity index (χ3v) is 8.66. The van der Waals surface area contributed by atoms with Crippen molar-refractivity contribution >= 4 is 49.0 Å². The molecule has 0 aliphatic heterocycles. The van der Waals surface area contributed by atoms with Crippen LogP contribution in [0, 0.1) is 5.82 Å². The zero-order chi connectivity index (χ0) is 28.5. The average molecular weight is 554 g/mol. The lowest BCUT2D eigenvalue weighted by molar-refractivity contribution is 0.628. The Balaban J connectivity index is 1.15. The predicted octanol–water partition coefficient (Wildman–Crippen LogP) is 9.84. The van der Waals surface area contributed by atoms with E-state index in [1.54, 1.807) is 12.1 Å². The van der Waals surface area contributed by atoms with Crippen molar-refractivity contribution < 1.29 is 4.39 Å². The molecule has 0 unspecified atom stereocenters. The number of benzene rings is 5. The molecule has 43 heavy (non-hydrogen) atoms. The van der Waals surface area contributed by atoms with E-state index in [4.69, 9.17) is 9.97 Å². The minimum Gasteiger partial charge on any atom is -0.293 e. The molecule has 4 aromatic heterocycles. The Morgan fingerprint density at radius 2 is 1.33 bits per heavy atom. The van der Waals surface area contributed by atoms with Gasteiger partial charge in [-0.25, -0.2) is 9.37 Å². The lowest BCUT2D eigenvalue weighted by atomic mass is 9.99. The first-order chi connectivity index (χ1) is 21.2. The second kappa shape index (κ2) is 9.20. The van der Waals surface area contributed by atoms with E-state index in [2.05, 4.69) is 95.4 Å². The molecule has 0 saturated heterocycles. The van der Waals surface area contributed by atoms with Crippen molar-refractivity contribution in [2.75, 3.05) is 0 Å². The van der Waals surface area contributed by atoms with Crippen LogP contribution >= 0.6 is 0 Å². The highest BCUT2D eigenvalue weighted by Crippen LogP contribution is 2.39. The Kier molecular flexibility index (Phi) is 5.14. The molecule has 9 rings (SSSR count). The van der Waals surface area contributed by atoms with Crippen molar-refractivity contribution in [1.29, 1.82) is 0 Å². The Bertz CT molecular complexity index is 2490. The fraction of sp³-hybridized carbons (Fsp3) is 0.0256. The summed E-state index contributed by atoms with van der Waals surface area (Å²) in [6, 6.07) is 41.3. The minimum absolute atomic E-state index is 0.238. The smallest absolute Gasteiger partial charge is 0.145 e. The monoisotopic (exact) mass is 553 g/mol. The zero-order valence-electron chi connectivity index (χ0n) is 23.1. The van der Waals surface area contributed by atoms with E-state index in [1.807, 2.05) is 18.5 Å². The molecule has 0 saturated carbocycles. The molecular weight excluding hydrogens is 529 g/mol. The molecule has 0 aliphatic carbocycles. The molecule has 0 atom stereocenters. The Labute approximate surface area is 246 Å². The SMILES string of the molecule is Fc1ccc(-c2cnc3c(c2)c2cccc4c5ccc(Cc6cccc(-c7cc8ccccc8cn7)c6)cc5n3c42)cc1. The summed E-state index contributed by atoms with van der Waals surface area (Å²) < 4.78 is 15.9. The average Bonchev–Trinajstić information content (AvgIpc) is 3.56. The highest BCUT2D eigenvalue weighted by molar-refractivity contribution is 6.23. The van der Waals surface area contributed by atoms with Crippen molar-refractivity contribution in [2.24, 2.45) is 0 Å². The second-order valence-corrected chi connectivity index (χ2v) is 11.3. The molecule has 0 N–H and O–H groups in total. The maximum Gasteiger partial charge on any atom is 0.145 e. The first-order valence-electron chi connectivity index (χ1n) is 14.5. The zero-order valence-corrected chi connectivity index (χ0v) is 23.1. The third-order valence-electron chi connectivity index (χ3n) is 8.66. The Hall–Kier alpha value is -5.61. The van der Waals surface area contributed by atoms with Gasteiger partial charge in [0.2, 0.25) is 0 Å². The van der Waals surface area contributed by atoms with Gasteiger partial charge in [-0.3, -0.25) is 9.38 Å². The van der Waals surface area contributed by atoms with Gasteiger partial charge in [-0.1, -0.05) is 84.9 Å². The van der Waals surface area contributed by atoms with Crippen molar-refractivity contribution in [2.45, 2.75) is 6.42 Å². The fourth-order valence-electron chi connectivity index (χ4n) is 6.61. The standard InChI is InChI=1S/C39H24FN3/c40-31-14-12-26(13-15-31)30-20-35-34-10-4-9-33-32-16-11-25(19-37(32)43(38(33)34)39(35)42-23-30)17-24-5-3-8-28(18-24)36-21-27-6-1-2-7-29(27)22-41-36/h1-16,18-23H,17H2. The molecule has 0 fully saturated rings. The van der Waals surface area contributed by atoms with E-state index in [-0.39, 0.29) is 5.82 Å². The van der Waals surface area contributed by atoms with Gasteiger partial charge in [-0.15, -0.1) is 0 Å². The lowest BCUT2D eigenvalue weighted by Gasteiger charge is -2.08. The van der Waals surface area contributed by atoms with E-state index in [1.165, 1.54) is 50.3 Å². The van der Waals surface area contributed by atoms with Crippen LogP contribution in [0.1, 0.15) is 11.1 Å². The molecule has 0 amide bonds.